The van der Waals surface area contributed by atoms with E-state index in [1.54, 1.807) is 6.92 Å². The van der Waals surface area contributed by atoms with Gasteiger partial charge >= 0.3 is 5.97 Å². The predicted molar refractivity (Wildman–Crippen MR) is 70.8 cm³/mol. The van der Waals surface area contributed by atoms with Crippen molar-refractivity contribution < 1.29 is 18.3 Å². The lowest BCUT2D eigenvalue weighted by Gasteiger charge is -2.10. The Morgan fingerprint density at radius 2 is 2.30 bits per heavy atom. The van der Waals surface area contributed by atoms with E-state index in [1.165, 1.54) is 18.5 Å². The summed E-state index contributed by atoms with van der Waals surface area (Å²) >= 11 is 0.930. The van der Waals surface area contributed by atoms with E-state index in [4.69, 9.17) is 5.11 Å². The fourth-order valence-electron chi connectivity index (χ4n) is 1.52. The molecule has 3 N–H and O–H groups in total. The third-order valence-electron chi connectivity index (χ3n) is 2.40. The molecule has 2 aromatic rings. The molecule has 0 saturated carbocycles. The number of rotatable bonds is 6. The van der Waals surface area contributed by atoms with Crippen LogP contribution in [-0.4, -0.2) is 34.7 Å². The Balaban J connectivity index is 2.14. The molecule has 0 radical (unpaired) electrons. The molecule has 108 valence electrons. The van der Waals surface area contributed by atoms with Crippen LogP contribution in [0.5, 0.6) is 0 Å². The Labute approximate surface area is 118 Å². The van der Waals surface area contributed by atoms with Gasteiger partial charge in [0.05, 0.1) is 12.5 Å². The van der Waals surface area contributed by atoms with Crippen LogP contribution in [0.4, 0.5) is 0 Å². The van der Waals surface area contributed by atoms with Crippen LogP contribution < -0.4 is 4.72 Å². The number of carbonyl (C=O) groups is 1. The molecule has 10 heteroatoms. The number of aromatic nitrogens is 3. The molecule has 0 aliphatic rings. The number of H-pyrrole nitrogens is 1. The number of aliphatic carboxylic acids is 1. The molecule has 0 aliphatic carbocycles. The van der Waals surface area contributed by atoms with Crippen molar-refractivity contribution in [1.29, 1.82) is 0 Å². The molecule has 0 amide bonds. The monoisotopic (exact) mass is 316 g/mol. The van der Waals surface area contributed by atoms with Crippen molar-refractivity contribution in [2.45, 2.75) is 23.6 Å². The highest BCUT2D eigenvalue weighted by atomic mass is 32.2. The SMILES string of the molecule is CC(NS(=O)(=O)c1ccc(CC(=O)O)s1)c1ncn[nH]1. The Hall–Kier alpha value is -1.78. The Kier molecular flexibility index (Phi) is 4.16. The van der Waals surface area contributed by atoms with Crippen molar-refractivity contribution in [2.75, 3.05) is 0 Å². The summed E-state index contributed by atoms with van der Waals surface area (Å²) in [6.45, 7) is 1.63. The van der Waals surface area contributed by atoms with E-state index < -0.39 is 22.0 Å². The van der Waals surface area contributed by atoms with Crippen LogP contribution in [0.2, 0.25) is 0 Å². The first-order valence-electron chi connectivity index (χ1n) is 5.56. The van der Waals surface area contributed by atoms with Crippen LogP contribution >= 0.6 is 11.3 Å². The molecule has 20 heavy (non-hydrogen) atoms. The maximum atomic E-state index is 12.1. The van der Waals surface area contributed by atoms with E-state index in [2.05, 4.69) is 19.9 Å². The second-order valence-corrected chi connectivity index (χ2v) is 7.11. The molecule has 2 rings (SSSR count). The molecule has 0 bridgehead atoms. The fraction of sp³-hybridized carbons (Fsp3) is 0.300. The summed E-state index contributed by atoms with van der Waals surface area (Å²) in [6, 6.07) is 2.32. The molecule has 0 aromatic carbocycles. The second-order valence-electron chi connectivity index (χ2n) is 4.00. The molecule has 0 aliphatic heterocycles. The van der Waals surface area contributed by atoms with E-state index in [9.17, 15) is 13.2 Å². The highest BCUT2D eigenvalue weighted by Gasteiger charge is 2.22. The first-order chi connectivity index (χ1) is 9.38. The first kappa shape index (κ1) is 14.6. The maximum Gasteiger partial charge on any atom is 0.308 e. The molecule has 2 aromatic heterocycles. The van der Waals surface area contributed by atoms with Crippen molar-refractivity contribution in [2.24, 2.45) is 0 Å². The number of hydrogen-bond donors (Lipinski definition) is 3. The fourth-order valence-corrected chi connectivity index (χ4v) is 4.09. The van der Waals surface area contributed by atoms with Crippen LogP contribution in [-0.2, 0) is 21.2 Å². The minimum absolute atomic E-state index is 0.0696. The molecule has 1 atom stereocenters. The Morgan fingerprint density at radius 3 is 2.90 bits per heavy atom. The predicted octanol–water partition coefficient (Wildman–Crippen LogP) is 0.533. The number of thiophene rings is 1. The number of hydrogen-bond acceptors (Lipinski definition) is 6. The molecular formula is C10H12N4O4S2. The number of sulfonamides is 1. The topological polar surface area (TPSA) is 125 Å². The first-order valence-corrected chi connectivity index (χ1v) is 7.86. The van der Waals surface area contributed by atoms with Gasteiger partial charge in [-0.2, -0.15) is 5.10 Å². The van der Waals surface area contributed by atoms with Gasteiger partial charge < -0.3 is 5.11 Å². The van der Waals surface area contributed by atoms with Gasteiger partial charge in [-0.3, -0.25) is 9.89 Å². The van der Waals surface area contributed by atoms with Crippen molar-refractivity contribution >= 4 is 27.3 Å². The summed E-state index contributed by atoms with van der Waals surface area (Å²) in [4.78, 5) is 14.9. The molecule has 0 fully saturated rings. The van der Waals surface area contributed by atoms with Gasteiger partial charge in [-0.25, -0.2) is 18.1 Å². The molecule has 0 spiro atoms. The third kappa shape index (κ3) is 3.40. The zero-order valence-corrected chi connectivity index (χ0v) is 12.0. The normalized spacial score (nSPS) is 13.2. The standard InChI is InChI=1S/C10H12N4O4S2/c1-6(10-11-5-12-13-10)14-20(17,18)9-3-2-7(19-9)4-8(15)16/h2-3,5-6,14H,4H2,1H3,(H,15,16)(H,11,12,13). The van der Waals surface area contributed by atoms with Gasteiger partial charge in [0.25, 0.3) is 10.0 Å². The number of carboxylic acids is 1. The van der Waals surface area contributed by atoms with Gasteiger partial charge in [0.15, 0.2) is 0 Å². The van der Waals surface area contributed by atoms with Gasteiger partial charge in [0.2, 0.25) is 0 Å². The number of aromatic amines is 1. The van der Waals surface area contributed by atoms with Crippen LogP contribution in [0.25, 0.3) is 0 Å². The molecular weight excluding hydrogens is 304 g/mol. The van der Waals surface area contributed by atoms with E-state index in [0.29, 0.717) is 10.7 Å². The zero-order valence-electron chi connectivity index (χ0n) is 10.4. The largest absolute Gasteiger partial charge is 0.481 e. The third-order valence-corrected chi connectivity index (χ3v) is 5.52. The highest BCUT2D eigenvalue weighted by Crippen LogP contribution is 2.23. The minimum atomic E-state index is -3.71. The van der Waals surface area contributed by atoms with Crippen molar-refractivity contribution in [3.05, 3.63) is 29.2 Å². The van der Waals surface area contributed by atoms with Crippen LogP contribution in [0.3, 0.4) is 0 Å². The van der Waals surface area contributed by atoms with Crippen LogP contribution in [0, 0.1) is 0 Å². The van der Waals surface area contributed by atoms with Gasteiger partial charge in [-0.05, 0) is 19.1 Å². The summed E-state index contributed by atoms with van der Waals surface area (Å²) in [5.41, 5.74) is 0. The molecule has 0 saturated heterocycles. The lowest BCUT2D eigenvalue weighted by molar-refractivity contribution is -0.136. The maximum absolute atomic E-state index is 12.1. The van der Waals surface area contributed by atoms with Gasteiger partial charge in [-0.15, -0.1) is 11.3 Å². The summed E-state index contributed by atoms with van der Waals surface area (Å²) < 4.78 is 26.8. The lowest BCUT2D eigenvalue weighted by atomic mass is 10.3. The molecule has 2 heterocycles. The number of carboxylic acid groups (broad SMARTS) is 1. The van der Waals surface area contributed by atoms with Crippen LogP contribution in [0.15, 0.2) is 22.7 Å². The quantitative estimate of drug-likeness (QED) is 0.714. The zero-order chi connectivity index (χ0) is 14.8. The average molecular weight is 316 g/mol. The minimum Gasteiger partial charge on any atom is -0.481 e. The Morgan fingerprint density at radius 1 is 1.55 bits per heavy atom. The summed E-state index contributed by atoms with van der Waals surface area (Å²) in [7, 11) is -3.71. The molecule has 1 unspecified atom stereocenters. The summed E-state index contributed by atoms with van der Waals surface area (Å²) in [5, 5.41) is 14.9. The van der Waals surface area contributed by atoms with E-state index in [0.717, 1.165) is 11.3 Å². The highest BCUT2D eigenvalue weighted by molar-refractivity contribution is 7.91. The van der Waals surface area contributed by atoms with E-state index in [-0.39, 0.29) is 10.6 Å². The molecule has 8 nitrogen and oxygen atoms in total. The summed E-state index contributed by atoms with van der Waals surface area (Å²) in [6.07, 6.45) is 1.09. The van der Waals surface area contributed by atoms with Crippen molar-refractivity contribution in [3.8, 4) is 0 Å². The van der Waals surface area contributed by atoms with Crippen molar-refractivity contribution in [1.82, 2.24) is 19.9 Å². The van der Waals surface area contributed by atoms with Crippen LogP contribution in [0.1, 0.15) is 23.7 Å². The lowest BCUT2D eigenvalue weighted by Crippen LogP contribution is -2.27. The second kappa shape index (κ2) is 5.69. The van der Waals surface area contributed by atoms with Crippen molar-refractivity contribution in [3.63, 3.8) is 0 Å². The number of nitrogens with one attached hydrogen (secondary N) is 2. The Bertz CT molecular complexity index is 693. The van der Waals surface area contributed by atoms with Gasteiger partial charge in [-0.1, -0.05) is 0 Å². The number of nitrogens with zero attached hydrogens (tertiary/aromatic N) is 2. The van der Waals surface area contributed by atoms with E-state index >= 15 is 0 Å². The average Bonchev–Trinajstić information content (AvgIpc) is 2.97. The van der Waals surface area contributed by atoms with Gasteiger partial charge in [0.1, 0.15) is 16.4 Å². The summed E-state index contributed by atoms with van der Waals surface area (Å²) in [5.74, 6) is -0.602. The smallest absolute Gasteiger partial charge is 0.308 e. The van der Waals surface area contributed by atoms with E-state index in [1.807, 2.05) is 0 Å². The van der Waals surface area contributed by atoms with Gasteiger partial charge in [0, 0.05) is 4.88 Å².